The predicted octanol–water partition coefficient (Wildman–Crippen LogP) is 3.19. The Morgan fingerprint density at radius 3 is 1.79 bits per heavy atom. The number of hydrogen-bond donors (Lipinski definition) is 2. The van der Waals surface area contributed by atoms with Gasteiger partial charge in [0.2, 0.25) is 11.8 Å². The average Bonchev–Trinajstić information content (AvgIpc) is 3.39. The number of anilines is 2. The molecule has 0 unspecified atom stereocenters. The highest BCUT2D eigenvalue weighted by Crippen LogP contribution is 2.47. The summed E-state index contributed by atoms with van der Waals surface area (Å²) in [6.07, 6.45) is 0.976. The maximum atomic E-state index is 12.9. The Kier molecular flexibility index (Phi) is 4.20. The molecule has 0 spiro atoms. The number of carbonyl (C=O) groups excluding carboxylic acids is 2. The van der Waals surface area contributed by atoms with Crippen molar-refractivity contribution in [1.29, 1.82) is 0 Å². The third kappa shape index (κ3) is 3.22. The van der Waals surface area contributed by atoms with Crippen LogP contribution in [0.1, 0.15) is 12.8 Å². The summed E-state index contributed by atoms with van der Waals surface area (Å²) < 4.78 is 18.0. The number of benzene rings is 2. The van der Waals surface area contributed by atoms with Crippen molar-refractivity contribution in [2.75, 3.05) is 17.7 Å². The van der Waals surface area contributed by atoms with E-state index < -0.39 is 5.41 Å². The Morgan fingerprint density at radius 1 is 0.917 bits per heavy atom. The molecule has 2 aromatic rings. The predicted molar refractivity (Wildman–Crippen MR) is 88.3 cm³/mol. The van der Waals surface area contributed by atoms with E-state index in [1.807, 2.05) is 0 Å². The molecule has 124 valence electrons. The van der Waals surface area contributed by atoms with Gasteiger partial charge < -0.3 is 15.4 Å². The second-order valence-corrected chi connectivity index (χ2v) is 5.73. The van der Waals surface area contributed by atoms with Gasteiger partial charge in [-0.25, -0.2) is 4.39 Å². The van der Waals surface area contributed by atoms with Crippen molar-refractivity contribution >= 4 is 23.2 Å². The van der Waals surface area contributed by atoms with Crippen LogP contribution in [0.3, 0.4) is 0 Å². The second-order valence-electron chi connectivity index (χ2n) is 5.73. The number of halogens is 1. The summed E-state index contributed by atoms with van der Waals surface area (Å²) in [5.74, 6) is -0.415. The first-order valence-corrected chi connectivity index (χ1v) is 7.56. The summed E-state index contributed by atoms with van der Waals surface area (Å²) >= 11 is 0. The van der Waals surface area contributed by atoms with E-state index in [0.717, 1.165) is 0 Å². The molecule has 0 radical (unpaired) electrons. The van der Waals surface area contributed by atoms with Crippen LogP contribution in [-0.4, -0.2) is 18.9 Å². The molecule has 0 aromatic heterocycles. The molecular formula is C18H17FN2O3. The Labute approximate surface area is 138 Å². The Hall–Kier alpha value is -2.89. The van der Waals surface area contributed by atoms with Gasteiger partial charge in [0.05, 0.1) is 7.11 Å². The highest BCUT2D eigenvalue weighted by Gasteiger charge is 2.56. The van der Waals surface area contributed by atoms with Gasteiger partial charge in [-0.1, -0.05) is 0 Å². The zero-order chi connectivity index (χ0) is 17.2. The van der Waals surface area contributed by atoms with Crippen LogP contribution >= 0.6 is 0 Å². The minimum absolute atomic E-state index is 0.340. The second kappa shape index (κ2) is 6.31. The van der Waals surface area contributed by atoms with Gasteiger partial charge in [0.15, 0.2) is 0 Å². The van der Waals surface area contributed by atoms with Gasteiger partial charge in [-0.15, -0.1) is 0 Å². The van der Waals surface area contributed by atoms with Gasteiger partial charge in [-0.05, 0) is 61.4 Å². The number of methoxy groups -OCH3 is 1. The van der Waals surface area contributed by atoms with E-state index in [0.29, 0.717) is 30.0 Å². The monoisotopic (exact) mass is 328 g/mol. The van der Waals surface area contributed by atoms with Crippen LogP contribution in [-0.2, 0) is 9.59 Å². The van der Waals surface area contributed by atoms with Crippen LogP contribution in [0.2, 0.25) is 0 Å². The fourth-order valence-corrected chi connectivity index (χ4v) is 2.39. The lowest BCUT2D eigenvalue weighted by molar-refractivity contribution is -0.131. The van der Waals surface area contributed by atoms with E-state index >= 15 is 0 Å². The molecule has 24 heavy (non-hydrogen) atoms. The maximum Gasteiger partial charge on any atom is 0.240 e. The van der Waals surface area contributed by atoms with Gasteiger partial charge in [0.25, 0.3) is 0 Å². The molecule has 6 heteroatoms. The summed E-state index contributed by atoms with van der Waals surface area (Å²) in [4.78, 5) is 24.9. The number of nitrogens with one attached hydrogen (secondary N) is 2. The molecule has 0 atom stereocenters. The van der Waals surface area contributed by atoms with Crippen LogP contribution in [0.15, 0.2) is 48.5 Å². The molecule has 1 fully saturated rings. The molecule has 0 heterocycles. The minimum atomic E-state index is -1.06. The van der Waals surface area contributed by atoms with Crippen molar-refractivity contribution in [1.82, 2.24) is 0 Å². The number of rotatable bonds is 5. The normalized spacial score (nSPS) is 14.6. The molecule has 1 aliphatic carbocycles. The summed E-state index contributed by atoms with van der Waals surface area (Å²) in [6, 6.07) is 12.3. The molecule has 2 aromatic carbocycles. The number of hydrogen-bond acceptors (Lipinski definition) is 3. The van der Waals surface area contributed by atoms with Crippen molar-refractivity contribution in [2.45, 2.75) is 12.8 Å². The van der Waals surface area contributed by atoms with Gasteiger partial charge in [-0.2, -0.15) is 0 Å². The van der Waals surface area contributed by atoms with Crippen LogP contribution in [0.25, 0.3) is 0 Å². The number of ether oxygens (including phenoxy) is 1. The standard InChI is InChI=1S/C18H17FN2O3/c1-24-15-8-6-14(7-9-15)21-17(23)18(10-11-18)16(22)20-13-4-2-12(19)3-5-13/h2-9H,10-11H2,1H3,(H,20,22)(H,21,23). The Morgan fingerprint density at radius 2 is 1.38 bits per heavy atom. The van der Waals surface area contributed by atoms with Crippen LogP contribution in [0.4, 0.5) is 15.8 Å². The van der Waals surface area contributed by atoms with Gasteiger partial charge in [0.1, 0.15) is 17.0 Å². The van der Waals surface area contributed by atoms with Crippen LogP contribution < -0.4 is 15.4 Å². The zero-order valence-corrected chi connectivity index (χ0v) is 13.1. The first-order valence-electron chi connectivity index (χ1n) is 7.56. The average molecular weight is 328 g/mol. The molecule has 0 bridgehead atoms. The third-order valence-electron chi connectivity index (χ3n) is 4.07. The molecule has 5 nitrogen and oxygen atoms in total. The van der Waals surface area contributed by atoms with E-state index in [2.05, 4.69) is 10.6 Å². The molecule has 2 N–H and O–H groups in total. The summed E-state index contributed by atoms with van der Waals surface area (Å²) in [6.45, 7) is 0. The van der Waals surface area contributed by atoms with Crippen LogP contribution in [0.5, 0.6) is 5.75 Å². The topological polar surface area (TPSA) is 67.4 Å². The summed E-state index contributed by atoms with van der Waals surface area (Å²) in [7, 11) is 1.56. The quantitative estimate of drug-likeness (QED) is 0.828. The van der Waals surface area contributed by atoms with Crippen molar-refractivity contribution in [2.24, 2.45) is 5.41 Å². The highest BCUT2D eigenvalue weighted by atomic mass is 19.1. The SMILES string of the molecule is COc1ccc(NC(=O)C2(C(=O)Nc3ccc(F)cc3)CC2)cc1. The lowest BCUT2D eigenvalue weighted by Crippen LogP contribution is -2.35. The van der Waals surface area contributed by atoms with Crippen molar-refractivity contribution in [3.8, 4) is 5.75 Å². The van der Waals surface area contributed by atoms with Crippen molar-refractivity contribution < 1.29 is 18.7 Å². The van der Waals surface area contributed by atoms with Crippen LogP contribution in [0, 0.1) is 11.2 Å². The largest absolute Gasteiger partial charge is 0.497 e. The first kappa shape index (κ1) is 16.0. The molecule has 0 aliphatic heterocycles. The first-order chi connectivity index (χ1) is 11.5. The minimum Gasteiger partial charge on any atom is -0.497 e. The smallest absolute Gasteiger partial charge is 0.240 e. The van der Waals surface area contributed by atoms with Crippen molar-refractivity contribution in [3.63, 3.8) is 0 Å². The van der Waals surface area contributed by atoms with E-state index in [-0.39, 0.29) is 17.6 Å². The maximum absolute atomic E-state index is 12.9. The fraction of sp³-hybridized carbons (Fsp3) is 0.222. The molecular weight excluding hydrogens is 311 g/mol. The number of amides is 2. The molecule has 0 saturated heterocycles. The Bertz CT molecular complexity index is 753. The van der Waals surface area contributed by atoms with Crippen molar-refractivity contribution in [3.05, 3.63) is 54.3 Å². The summed E-state index contributed by atoms with van der Waals surface area (Å²) in [5.41, 5.74) is 0.000451. The van der Waals surface area contributed by atoms with E-state index in [1.54, 1.807) is 31.4 Å². The molecule has 2 amide bonds. The fourth-order valence-electron chi connectivity index (χ4n) is 2.39. The van der Waals surface area contributed by atoms with E-state index in [1.165, 1.54) is 24.3 Å². The molecule has 1 saturated carbocycles. The Balaban J connectivity index is 1.66. The van der Waals surface area contributed by atoms with Gasteiger partial charge >= 0.3 is 0 Å². The zero-order valence-electron chi connectivity index (χ0n) is 13.1. The highest BCUT2D eigenvalue weighted by molar-refractivity contribution is 6.16. The molecule has 3 rings (SSSR count). The van der Waals surface area contributed by atoms with Gasteiger partial charge in [-0.3, -0.25) is 9.59 Å². The van der Waals surface area contributed by atoms with Gasteiger partial charge in [0, 0.05) is 11.4 Å². The lowest BCUT2D eigenvalue weighted by Gasteiger charge is -2.15. The van der Waals surface area contributed by atoms with E-state index in [9.17, 15) is 14.0 Å². The summed E-state index contributed by atoms with van der Waals surface area (Å²) in [5, 5.41) is 5.43. The number of carbonyl (C=O) groups is 2. The molecule has 1 aliphatic rings. The third-order valence-corrected chi connectivity index (χ3v) is 4.07. The lowest BCUT2D eigenvalue weighted by atomic mass is 10.0. The van der Waals surface area contributed by atoms with E-state index in [4.69, 9.17) is 4.74 Å².